The lowest BCUT2D eigenvalue weighted by molar-refractivity contribution is -0.126. The van der Waals surface area contributed by atoms with Crippen LogP contribution in [-0.4, -0.2) is 34.7 Å². The number of amides is 1. The Hall–Kier alpha value is -2.56. The maximum atomic E-state index is 12.5. The van der Waals surface area contributed by atoms with E-state index in [2.05, 4.69) is 10.2 Å². The quantitative estimate of drug-likeness (QED) is 0.885. The first-order valence-electron chi connectivity index (χ1n) is 7.30. The zero-order valence-electron chi connectivity index (χ0n) is 12.8. The molecular formula is C17H19N3O2. The summed E-state index contributed by atoms with van der Waals surface area (Å²) < 4.78 is 5.22. The van der Waals surface area contributed by atoms with Crippen molar-refractivity contribution in [2.45, 2.75) is 19.9 Å². The number of fused-ring (bicyclic) bond motifs is 1. The number of benzene rings is 1. The van der Waals surface area contributed by atoms with Gasteiger partial charge in [0.2, 0.25) is 5.91 Å². The van der Waals surface area contributed by atoms with Crippen LogP contribution in [0.25, 0.3) is 5.57 Å². The number of methoxy groups -OCH3 is 1. The van der Waals surface area contributed by atoms with Crippen molar-refractivity contribution in [1.29, 1.82) is 0 Å². The Morgan fingerprint density at radius 3 is 3.14 bits per heavy atom. The van der Waals surface area contributed by atoms with Gasteiger partial charge in [0.25, 0.3) is 0 Å². The van der Waals surface area contributed by atoms with E-state index < -0.39 is 0 Å². The predicted molar refractivity (Wildman–Crippen MR) is 84.4 cm³/mol. The van der Waals surface area contributed by atoms with Crippen LogP contribution >= 0.6 is 0 Å². The number of H-pyrrole nitrogens is 1. The number of aromatic nitrogens is 2. The molecule has 1 aromatic carbocycles. The van der Waals surface area contributed by atoms with Crippen molar-refractivity contribution < 1.29 is 9.53 Å². The van der Waals surface area contributed by atoms with Crippen LogP contribution < -0.4 is 4.74 Å². The summed E-state index contributed by atoms with van der Waals surface area (Å²) in [7, 11) is 1.64. The first-order valence-corrected chi connectivity index (χ1v) is 7.30. The van der Waals surface area contributed by atoms with E-state index in [4.69, 9.17) is 4.74 Å². The minimum Gasteiger partial charge on any atom is -0.497 e. The van der Waals surface area contributed by atoms with Gasteiger partial charge in [-0.3, -0.25) is 9.89 Å². The second-order valence-corrected chi connectivity index (χ2v) is 5.44. The maximum absolute atomic E-state index is 12.5. The summed E-state index contributed by atoms with van der Waals surface area (Å²) in [6, 6.07) is 7.73. The first kappa shape index (κ1) is 14.4. The number of rotatable bonds is 3. The molecule has 0 bridgehead atoms. The van der Waals surface area contributed by atoms with E-state index >= 15 is 0 Å². The Morgan fingerprint density at radius 1 is 1.45 bits per heavy atom. The van der Waals surface area contributed by atoms with E-state index in [1.165, 1.54) is 0 Å². The first-order chi connectivity index (χ1) is 10.7. The molecule has 1 amide bonds. The molecule has 1 N–H and O–H groups in total. The third-order valence-electron chi connectivity index (χ3n) is 3.98. The molecule has 3 rings (SSSR count). The van der Waals surface area contributed by atoms with Crippen LogP contribution in [0.4, 0.5) is 0 Å². The second-order valence-electron chi connectivity index (χ2n) is 5.44. The molecule has 0 saturated heterocycles. The normalized spacial score (nSPS) is 14.6. The number of hydrogen-bond donors (Lipinski definition) is 1. The molecule has 0 saturated carbocycles. The topological polar surface area (TPSA) is 58.2 Å². The van der Waals surface area contributed by atoms with E-state index in [-0.39, 0.29) is 5.91 Å². The van der Waals surface area contributed by atoms with Crippen molar-refractivity contribution in [3.8, 4) is 5.75 Å². The van der Waals surface area contributed by atoms with Gasteiger partial charge in [0.1, 0.15) is 5.75 Å². The third-order valence-corrected chi connectivity index (χ3v) is 3.98. The van der Waals surface area contributed by atoms with Gasteiger partial charge in [-0.2, -0.15) is 5.10 Å². The highest BCUT2D eigenvalue weighted by atomic mass is 16.5. The van der Waals surface area contributed by atoms with E-state index in [0.29, 0.717) is 6.54 Å². The number of allylic oxidation sites excluding steroid dienone is 1. The molecule has 114 valence electrons. The molecule has 22 heavy (non-hydrogen) atoms. The van der Waals surface area contributed by atoms with Gasteiger partial charge in [-0.25, -0.2) is 0 Å². The van der Waals surface area contributed by atoms with Crippen molar-refractivity contribution in [3.05, 3.63) is 53.4 Å². The number of carbonyl (C=O) groups excluding carboxylic acids is 1. The van der Waals surface area contributed by atoms with Crippen molar-refractivity contribution >= 4 is 11.5 Å². The SMILES string of the molecule is COc1cccc(C(C)=CC(=O)N2CCc3[nH]ncc3C2)c1. The van der Waals surface area contributed by atoms with Crippen LogP contribution in [0.2, 0.25) is 0 Å². The Balaban J connectivity index is 1.75. The van der Waals surface area contributed by atoms with E-state index in [1.807, 2.05) is 36.1 Å². The van der Waals surface area contributed by atoms with Crippen molar-refractivity contribution in [2.75, 3.05) is 13.7 Å². The fraction of sp³-hybridized carbons (Fsp3) is 0.294. The molecule has 0 aliphatic carbocycles. The molecule has 2 heterocycles. The van der Waals surface area contributed by atoms with Crippen LogP contribution in [-0.2, 0) is 17.8 Å². The monoisotopic (exact) mass is 297 g/mol. The average Bonchev–Trinajstić information content (AvgIpc) is 3.02. The van der Waals surface area contributed by atoms with E-state index in [0.717, 1.165) is 41.1 Å². The van der Waals surface area contributed by atoms with Crippen molar-refractivity contribution in [3.63, 3.8) is 0 Å². The maximum Gasteiger partial charge on any atom is 0.247 e. The Bertz CT molecular complexity index is 718. The summed E-state index contributed by atoms with van der Waals surface area (Å²) in [5.41, 5.74) is 4.17. The lowest BCUT2D eigenvalue weighted by atomic mass is 10.1. The summed E-state index contributed by atoms with van der Waals surface area (Å²) in [6.07, 6.45) is 4.32. The minimum atomic E-state index is 0.0344. The zero-order chi connectivity index (χ0) is 15.5. The molecule has 0 unspecified atom stereocenters. The number of hydrogen-bond acceptors (Lipinski definition) is 3. The van der Waals surface area contributed by atoms with Gasteiger partial charge in [-0.05, 0) is 30.2 Å². The molecule has 2 aromatic rings. The van der Waals surface area contributed by atoms with E-state index in [1.54, 1.807) is 19.4 Å². The summed E-state index contributed by atoms with van der Waals surface area (Å²) in [4.78, 5) is 14.3. The standard InChI is InChI=1S/C17H19N3O2/c1-12(13-4-3-5-15(9-13)22-2)8-17(21)20-7-6-16-14(11-20)10-18-19-16/h3-5,8-10H,6-7,11H2,1-2H3,(H,18,19). The third kappa shape index (κ3) is 2.88. The van der Waals surface area contributed by atoms with Gasteiger partial charge in [0, 0.05) is 36.8 Å². The van der Waals surface area contributed by atoms with Crippen LogP contribution in [0.3, 0.4) is 0 Å². The molecule has 1 aliphatic heterocycles. The Labute approximate surface area is 129 Å². The summed E-state index contributed by atoms with van der Waals surface area (Å²) in [5, 5.41) is 7.01. The Kier molecular flexibility index (Phi) is 3.96. The molecule has 5 heteroatoms. The zero-order valence-corrected chi connectivity index (χ0v) is 12.8. The van der Waals surface area contributed by atoms with Crippen molar-refractivity contribution in [1.82, 2.24) is 15.1 Å². The van der Waals surface area contributed by atoms with E-state index in [9.17, 15) is 4.79 Å². The number of ether oxygens (including phenoxy) is 1. The largest absolute Gasteiger partial charge is 0.497 e. The van der Waals surface area contributed by atoms with Gasteiger partial charge in [0.15, 0.2) is 0 Å². The highest BCUT2D eigenvalue weighted by Gasteiger charge is 2.20. The molecule has 5 nitrogen and oxygen atoms in total. The number of aromatic amines is 1. The number of nitrogens with one attached hydrogen (secondary N) is 1. The fourth-order valence-corrected chi connectivity index (χ4v) is 2.64. The molecular weight excluding hydrogens is 278 g/mol. The fourth-order valence-electron chi connectivity index (χ4n) is 2.64. The highest BCUT2D eigenvalue weighted by molar-refractivity contribution is 5.95. The molecule has 1 aliphatic rings. The summed E-state index contributed by atoms with van der Waals surface area (Å²) >= 11 is 0. The van der Waals surface area contributed by atoms with Gasteiger partial charge in [-0.1, -0.05) is 12.1 Å². The van der Waals surface area contributed by atoms with Crippen LogP contribution in [0.1, 0.15) is 23.7 Å². The molecule has 0 atom stereocenters. The molecule has 0 radical (unpaired) electrons. The summed E-state index contributed by atoms with van der Waals surface area (Å²) in [6.45, 7) is 3.28. The van der Waals surface area contributed by atoms with Crippen molar-refractivity contribution in [2.24, 2.45) is 0 Å². The van der Waals surface area contributed by atoms with Gasteiger partial charge in [0.05, 0.1) is 13.3 Å². The lowest BCUT2D eigenvalue weighted by Crippen LogP contribution is -2.34. The second kappa shape index (κ2) is 6.05. The lowest BCUT2D eigenvalue weighted by Gasteiger charge is -2.25. The highest BCUT2D eigenvalue weighted by Crippen LogP contribution is 2.21. The van der Waals surface area contributed by atoms with Crippen LogP contribution in [0.15, 0.2) is 36.5 Å². The molecule has 1 aromatic heterocycles. The predicted octanol–water partition coefficient (Wildman–Crippen LogP) is 2.41. The number of carbonyl (C=O) groups is 1. The average molecular weight is 297 g/mol. The minimum absolute atomic E-state index is 0.0344. The van der Waals surface area contributed by atoms with Crippen LogP contribution in [0.5, 0.6) is 5.75 Å². The molecule has 0 fully saturated rings. The van der Waals surface area contributed by atoms with Gasteiger partial charge >= 0.3 is 0 Å². The number of nitrogens with zero attached hydrogens (tertiary/aromatic N) is 2. The smallest absolute Gasteiger partial charge is 0.247 e. The van der Waals surface area contributed by atoms with Gasteiger partial charge < -0.3 is 9.64 Å². The Morgan fingerprint density at radius 2 is 2.32 bits per heavy atom. The van der Waals surface area contributed by atoms with Crippen LogP contribution in [0, 0.1) is 0 Å². The summed E-state index contributed by atoms with van der Waals surface area (Å²) in [5.74, 6) is 0.825. The molecule has 0 spiro atoms. The van der Waals surface area contributed by atoms with Gasteiger partial charge in [-0.15, -0.1) is 0 Å².